The Hall–Kier alpha value is -2.93. The molecule has 6 rings (SSSR count). The van der Waals surface area contributed by atoms with Gasteiger partial charge in [0.25, 0.3) is 5.56 Å². The summed E-state index contributed by atoms with van der Waals surface area (Å²) in [6.45, 7) is 0. The minimum atomic E-state index is -0.213. The lowest BCUT2D eigenvalue weighted by Gasteiger charge is -2.16. The number of aromatic amines is 1. The molecular weight excluding hydrogens is 497 g/mol. The van der Waals surface area contributed by atoms with E-state index in [2.05, 4.69) is 39.6 Å². The van der Waals surface area contributed by atoms with Crippen LogP contribution in [0.5, 0.6) is 0 Å². The maximum Gasteiger partial charge on any atom is 0.260 e. The molecule has 176 valence electrons. The molecule has 0 spiro atoms. The van der Waals surface area contributed by atoms with Gasteiger partial charge < -0.3 is 10.3 Å². The van der Waals surface area contributed by atoms with Crippen LogP contribution in [0, 0.1) is 11.3 Å². The largest absolute Gasteiger partial charge is 0.316 e. The number of rotatable bonds is 5. The van der Waals surface area contributed by atoms with Crippen molar-refractivity contribution in [1.29, 1.82) is 5.26 Å². The zero-order valence-corrected chi connectivity index (χ0v) is 21.4. The van der Waals surface area contributed by atoms with Gasteiger partial charge in [-0.05, 0) is 67.2 Å². The third kappa shape index (κ3) is 4.20. The normalized spacial score (nSPS) is 14.5. The second-order valence-electron chi connectivity index (χ2n) is 8.90. The maximum atomic E-state index is 13.0. The molecule has 0 radical (unpaired) electrons. The molecule has 2 N–H and O–H groups in total. The van der Waals surface area contributed by atoms with Crippen molar-refractivity contribution in [3.8, 4) is 17.2 Å². The first-order chi connectivity index (χ1) is 17.1. The lowest BCUT2D eigenvalue weighted by molar-refractivity contribution is -0.113. The van der Waals surface area contributed by atoms with Gasteiger partial charge in [0, 0.05) is 15.8 Å². The maximum absolute atomic E-state index is 13.0. The van der Waals surface area contributed by atoms with Gasteiger partial charge in [-0.3, -0.25) is 9.59 Å². The van der Waals surface area contributed by atoms with E-state index < -0.39 is 0 Å². The van der Waals surface area contributed by atoms with Gasteiger partial charge in [0.2, 0.25) is 5.91 Å². The summed E-state index contributed by atoms with van der Waals surface area (Å²) in [4.78, 5) is 34.9. The molecular formula is C26H22N4O2S3. The summed E-state index contributed by atoms with van der Waals surface area (Å²) >= 11 is 4.15. The molecule has 0 aliphatic heterocycles. The van der Waals surface area contributed by atoms with Crippen molar-refractivity contribution in [1.82, 2.24) is 9.97 Å². The third-order valence-corrected chi connectivity index (χ3v) is 9.66. The summed E-state index contributed by atoms with van der Waals surface area (Å²) in [6, 6.07) is 8.76. The van der Waals surface area contributed by atoms with Gasteiger partial charge in [0.1, 0.15) is 15.9 Å². The summed E-state index contributed by atoms with van der Waals surface area (Å²) < 4.78 is 0. The molecule has 6 nitrogen and oxygen atoms in total. The first kappa shape index (κ1) is 22.5. The number of hydrogen-bond acceptors (Lipinski definition) is 7. The van der Waals surface area contributed by atoms with Gasteiger partial charge in [0.05, 0.1) is 16.7 Å². The Kier molecular flexibility index (Phi) is 5.96. The Morgan fingerprint density at radius 2 is 2.03 bits per heavy atom. The summed E-state index contributed by atoms with van der Waals surface area (Å²) in [6.07, 6.45) is 7.61. The zero-order chi connectivity index (χ0) is 23.9. The summed E-state index contributed by atoms with van der Waals surface area (Å²) in [5.41, 5.74) is 6.26. The van der Waals surface area contributed by atoms with Crippen LogP contribution in [0.1, 0.15) is 46.4 Å². The molecule has 0 unspecified atom stereocenters. The highest BCUT2D eigenvalue weighted by molar-refractivity contribution is 7.99. The third-order valence-electron chi connectivity index (χ3n) is 6.71. The highest BCUT2D eigenvalue weighted by Crippen LogP contribution is 2.39. The number of nitrogens with zero attached hydrogens (tertiary/aromatic N) is 2. The first-order valence-corrected chi connectivity index (χ1v) is 14.4. The number of nitriles is 1. The highest BCUT2D eigenvalue weighted by atomic mass is 32.2. The van der Waals surface area contributed by atoms with Crippen LogP contribution in [0.15, 0.2) is 33.5 Å². The first-order valence-electron chi connectivity index (χ1n) is 11.7. The van der Waals surface area contributed by atoms with Crippen molar-refractivity contribution in [2.75, 3.05) is 11.1 Å². The molecule has 9 heteroatoms. The van der Waals surface area contributed by atoms with Crippen molar-refractivity contribution >= 4 is 55.6 Å². The lowest BCUT2D eigenvalue weighted by Crippen LogP contribution is -2.15. The van der Waals surface area contributed by atoms with Crippen LogP contribution >= 0.6 is 34.4 Å². The van der Waals surface area contributed by atoms with Gasteiger partial charge in [-0.25, -0.2) is 4.98 Å². The number of amides is 1. The van der Waals surface area contributed by atoms with E-state index in [0.29, 0.717) is 25.9 Å². The number of thioether (sulfide) groups is 1. The molecule has 1 aromatic carbocycles. The number of hydrogen-bond donors (Lipinski definition) is 2. The van der Waals surface area contributed by atoms with Crippen molar-refractivity contribution in [2.45, 2.75) is 50.1 Å². The Balaban J connectivity index is 1.19. The molecule has 0 saturated carbocycles. The van der Waals surface area contributed by atoms with E-state index in [-0.39, 0.29) is 17.2 Å². The Morgan fingerprint density at radius 3 is 2.89 bits per heavy atom. The van der Waals surface area contributed by atoms with E-state index in [4.69, 9.17) is 0 Å². The Labute approximate surface area is 214 Å². The number of aromatic nitrogens is 2. The molecule has 4 aromatic rings. The van der Waals surface area contributed by atoms with Gasteiger partial charge in [-0.1, -0.05) is 30.0 Å². The van der Waals surface area contributed by atoms with Gasteiger partial charge in [-0.2, -0.15) is 5.26 Å². The molecule has 3 heterocycles. The molecule has 0 atom stereocenters. The summed E-state index contributed by atoms with van der Waals surface area (Å²) in [5.74, 6) is -0.111. The number of aryl methyl sites for hydroxylation is 3. The quantitative estimate of drug-likeness (QED) is 0.261. The van der Waals surface area contributed by atoms with Crippen molar-refractivity contribution in [3.05, 3.63) is 61.1 Å². The SMILES string of the molecule is N#Cc1c(NC(=O)CSc2nc3scc(-c4ccc5c(c4)CCCC5)c3c(=O)[nH]2)sc2c1CCC2. The zero-order valence-electron chi connectivity index (χ0n) is 18.9. The fourth-order valence-corrected chi connectivity index (χ4v) is 7.94. The second-order valence-corrected chi connectivity index (χ2v) is 11.8. The average molecular weight is 519 g/mol. The number of benzene rings is 1. The molecule has 1 amide bonds. The fourth-order valence-electron chi connectivity index (χ4n) is 5.02. The molecule has 35 heavy (non-hydrogen) atoms. The van der Waals surface area contributed by atoms with Crippen LogP contribution < -0.4 is 10.9 Å². The lowest BCUT2D eigenvalue weighted by atomic mass is 9.89. The van der Waals surface area contributed by atoms with Crippen LogP contribution in [0.3, 0.4) is 0 Å². The molecule has 3 aromatic heterocycles. The van der Waals surface area contributed by atoms with Crippen molar-refractivity contribution < 1.29 is 4.79 Å². The number of carbonyl (C=O) groups excluding carboxylic acids is 1. The van der Waals surface area contributed by atoms with E-state index in [9.17, 15) is 14.9 Å². The number of nitrogens with one attached hydrogen (secondary N) is 2. The predicted molar refractivity (Wildman–Crippen MR) is 143 cm³/mol. The standard InChI is InChI=1S/C26H22N4O2S3/c27-11-18-17-6-3-7-20(17)35-24(18)28-21(31)13-34-26-29-23(32)22-19(12-33-25(22)30-26)16-9-8-14-4-1-2-5-15(14)10-16/h8-10,12H,1-7,13H2,(H,28,31)(H,29,30,32). The minimum absolute atomic E-state index is 0.102. The highest BCUT2D eigenvalue weighted by Gasteiger charge is 2.23. The van der Waals surface area contributed by atoms with E-state index in [1.54, 1.807) is 0 Å². The number of fused-ring (bicyclic) bond motifs is 3. The van der Waals surface area contributed by atoms with Crippen LogP contribution in [0.2, 0.25) is 0 Å². The van der Waals surface area contributed by atoms with Gasteiger partial charge >= 0.3 is 0 Å². The Morgan fingerprint density at radius 1 is 1.17 bits per heavy atom. The molecule has 0 fully saturated rings. The van der Waals surface area contributed by atoms with Crippen LogP contribution in [-0.2, 0) is 30.5 Å². The Bertz CT molecular complexity index is 1570. The van der Waals surface area contributed by atoms with E-state index in [1.807, 2.05) is 5.38 Å². The fraction of sp³-hybridized carbons (Fsp3) is 0.308. The number of H-pyrrole nitrogens is 1. The van der Waals surface area contributed by atoms with Gasteiger partial charge in [0.15, 0.2) is 5.16 Å². The van der Waals surface area contributed by atoms with Crippen LogP contribution in [0.4, 0.5) is 5.00 Å². The topological polar surface area (TPSA) is 98.6 Å². The van der Waals surface area contributed by atoms with E-state index in [0.717, 1.165) is 48.8 Å². The molecule has 0 bridgehead atoms. The van der Waals surface area contributed by atoms with Crippen molar-refractivity contribution in [2.24, 2.45) is 0 Å². The number of anilines is 1. The second kappa shape index (κ2) is 9.26. The van der Waals surface area contributed by atoms with Gasteiger partial charge in [-0.15, -0.1) is 22.7 Å². The van der Waals surface area contributed by atoms with Crippen molar-refractivity contribution in [3.63, 3.8) is 0 Å². The summed E-state index contributed by atoms with van der Waals surface area (Å²) in [7, 11) is 0. The number of carbonyl (C=O) groups is 1. The van der Waals surface area contributed by atoms with Crippen LogP contribution in [-0.4, -0.2) is 21.6 Å². The average Bonchev–Trinajstić information content (AvgIpc) is 3.57. The number of thiophene rings is 2. The monoisotopic (exact) mass is 518 g/mol. The molecule has 2 aliphatic rings. The van der Waals surface area contributed by atoms with E-state index in [1.165, 1.54) is 63.3 Å². The van der Waals surface area contributed by atoms with Crippen LogP contribution in [0.25, 0.3) is 21.3 Å². The molecule has 2 aliphatic carbocycles. The minimum Gasteiger partial charge on any atom is -0.316 e. The molecule has 0 saturated heterocycles. The predicted octanol–water partition coefficient (Wildman–Crippen LogP) is 5.68. The van der Waals surface area contributed by atoms with E-state index >= 15 is 0 Å². The smallest absolute Gasteiger partial charge is 0.260 e. The summed E-state index contributed by atoms with van der Waals surface area (Å²) in [5, 5.41) is 16.1.